The number of hydrogen-bond acceptors (Lipinski definition) is 0. The van der Waals surface area contributed by atoms with Crippen LogP contribution in [0.5, 0.6) is 0 Å². The van der Waals surface area contributed by atoms with Crippen molar-refractivity contribution in [1.29, 1.82) is 0 Å². The summed E-state index contributed by atoms with van der Waals surface area (Å²) in [5.74, 6) is 0. The molecule has 2 aliphatic rings. The molecule has 0 heterocycles. The Morgan fingerprint density at radius 3 is 1.47 bits per heavy atom. The van der Waals surface area contributed by atoms with Crippen LogP contribution in [0.3, 0.4) is 0 Å². The van der Waals surface area contributed by atoms with Gasteiger partial charge in [-0.3, -0.25) is 0 Å². The SMILES string of the molecule is CCCCCCCCCCCCCCC1(CCCCCCCCCCCCCC)c2ccccc2-c2cc3c(c(C)c21)C=CC3. The minimum absolute atomic E-state index is 0.207. The predicted molar refractivity (Wildman–Crippen MR) is 202 cm³/mol. The fourth-order valence-electron chi connectivity index (χ4n) is 8.89. The third-order valence-electron chi connectivity index (χ3n) is 11.5. The first-order valence-electron chi connectivity index (χ1n) is 20.2. The van der Waals surface area contributed by atoms with Gasteiger partial charge >= 0.3 is 0 Å². The van der Waals surface area contributed by atoms with Crippen LogP contribution in [0.2, 0.25) is 0 Å². The molecule has 2 aromatic carbocycles. The first-order chi connectivity index (χ1) is 22.2. The molecule has 2 aromatic rings. The first-order valence-corrected chi connectivity index (χ1v) is 20.2. The monoisotopic (exact) mass is 611 g/mol. The van der Waals surface area contributed by atoms with E-state index >= 15 is 0 Å². The van der Waals surface area contributed by atoms with Gasteiger partial charge in [0, 0.05) is 5.41 Å². The van der Waals surface area contributed by atoms with E-state index in [1.54, 1.807) is 33.4 Å². The standard InChI is InChI=1S/C45H70/c1-4-6-8-10-12-14-16-18-20-22-24-28-35-45(36-29-25-23-21-19-17-15-13-11-9-7-5-2)43-34-27-26-32-41(43)42-37-39-31-30-33-40(39)38(3)44(42)45/h26-27,30,32-34,37H,4-25,28-29,31,35-36H2,1-3H3. The molecule has 0 fully saturated rings. The summed E-state index contributed by atoms with van der Waals surface area (Å²) < 4.78 is 0. The van der Waals surface area contributed by atoms with Gasteiger partial charge in [-0.1, -0.05) is 204 Å². The van der Waals surface area contributed by atoms with E-state index in [9.17, 15) is 0 Å². The molecule has 4 rings (SSSR count). The normalized spacial score (nSPS) is 14.2. The van der Waals surface area contributed by atoms with Crippen LogP contribution in [0.4, 0.5) is 0 Å². The quantitative estimate of drug-likeness (QED) is 0.0929. The van der Waals surface area contributed by atoms with Gasteiger partial charge in [0.1, 0.15) is 0 Å². The minimum Gasteiger partial charge on any atom is -0.0795 e. The lowest BCUT2D eigenvalue weighted by Crippen LogP contribution is -2.27. The fourth-order valence-corrected chi connectivity index (χ4v) is 8.89. The van der Waals surface area contributed by atoms with E-state index in [4.69, 9.17) is 0 Å². The van der Waals surface area contributed by atoms with Crippen LogP contribution in [0, 0.1) is 6.92 Å². The van der Waals surface area contributed by atoms with Crippen molar-refractivity contribution in [3.05, 3.63) is 64.2 Å². The maximum Gasteiger partial charge on any atom is 0.0218 e. The van der Waals surface area contributed by atoms with E-state index in [2.05, 4.69) is 63.3 Å². The van der Waals surface area contributed by atoms with E-state index in [0.29, 0.717) is 0 Å². The van der Waals surface area contributed by atoms with Gasteiger partial charge in [-0.2, -0.15) is 0 Å². The van der Waals surface area contributed by atoms with Crippen molar-refractivity contribution >= 4 is 6.08 Å². The smallest absolute Gasteiger partial charge is 0.0218 e. The Kier molecular flexibility index (Phi) is 16.3. The molecule has 0 saturated carbocycles. The highest BCUT2D eigenvalue weighted by Crippen LogP contribution is 2.56. The molecule has 0 unspecified atom stereocenters. The lowest BCUT2D eigenvalue weighted by Gasteiger charge is -2.34. The molecule has 45 heavy (non-hydrogen) atoms. The Hall–Kier alpha value is -1.82. The van der Waals surface area contributed by atoms with Crippen LogP contribution in [0.25, 0.3) is 17.2 Å². The van der Waals surface area contributed by atoms with Crippen molar-refractivity contribution in [2.45, 2.75) is 200 Å². The van der Waals surface area contributed by atoms with Crippen LogP contribution in [0.1, 0.15) is 209 Å². The lowest BCUT2D eigenvalue weighted by molar-refractivity contribution is 0.395. The Balaban J connectivity index is 1.31. The summed E-state index contributed by atoms with van der Waals surface area (Å²) in [6.45, 7) is 7.09. The molecule has 0 radical (unpaired) electrons. The van der Waals surface area contributed by atoms with E-state index in [1.165, 1.54) is 173 Å². The van der Waals surface area contributed by atoms with Crippen molar-refractivity contribution in [2.75, 3.05) is 0 Å². The lowest BCUT2D eigenvalue weighted by atomic mass is 9.69. The average Bonchev–Trinajstić information content (AvgIpc) is 3.64. The summed E-state index contributed by atoms with van der Waals surface area (Å²) in [6.07, 6.45) is 42.8. The second kappa shape index (κ2) is 20.4. The zero-order valence-corrected chi connectivity index (χ0v) is 30.1. The maximum atomic E-state index is 2.59. The third kappa shape index (κ3) is 10.3. The molecule has 0 spiro atoms. The number of allylic oxidation sites excluding steroid dienone is 1. The van der Waals surface area contributed by atoms with E-state index < -0.39 is 0 Å². The summed E-state index contributed by atoms with van der Waals surface area (Å²) in [6, 6.07) is 12.1. The van der Waals surface area contributed by atoms with Crippen LogP contribution in [0.15, 0.2) is 36.4 Å². The average molecular weight is 611 g/mol. The summed E-state index contributed by atoms with van der Waals surface area (Å²) in [7, 11) is 0. The second-order valence-electron chi connectivity index (χ2n) is 15.0. The molecule has 0 saturated heterocycles. The highest BCUT2D eigenvalue weighted by Gasteiger charge is 2.44. The zero-order valence-electron chi connectivity index (χ0n) is 30.1. The molecule has 0 N–H and O–H groups in total. The van der Waals surface area contributed by atoms with Crippen LogP contribution < -0.4 is 0 Å². The van der Waals surface area contributed by atoms with Crippen molar-refractivity contribution in [3.63, 3.8) is 0 Å². The number of fused-ring (bicyclic) bond motifs is 4. The Morgan fingerprint density at radius 2 is 0.978 bits per heavy atom. The molecule has 0 nitrogen and oxygen atoms in total. The fraction of sp³-hybridized carbons (Fsp3) is 0.689. The van der Waals surface area contributed by atoms with Gasteiger partial charge in [0.05, 0.1) is 0 Å². The van der Waals surface area contributed by atoms with Gasteiger partial charge in [-0.25, -0.2) is 0 Å². The van der Waals surface area contributed by atoms with Crippen molar-refractivity contribution < 1.29 is 0 Å². The molecule has 0 aromatic heterocycles. The van der Waals surface area contributed by atoms with Gasteiger partial charge in [0.15, 0.2) is 0 Å². The van der Waals surface area contributed by atoms with Crippen molar-refractivity contribution in [1.82, 2.24) is 0 Å². The number of benzene rings is 2. The minimum atomic E-state index is 0.207. The number of unbranched alkanes of at least 4 members (excludes halogenated alkanes) is 22. The van der Waals surface area contributed by atoms with Crippen LogP contribution >= 0.6 is 0 Å². The Labute approximate surface area is 280 Å². The van der Waals surface area contributed by atoms with Gasteiger partial charge in [-0.15, -0.1) is 0 Å². The molecular weight excluding hydrogens is 540 g/mol. The van der Waals surface area contributed by atoms with Gasteiger partial charge in [-0.05, 0) is 71.2 Å². The Bertz CT molecular complexity index is 1100. The summed E-state index contributed by atoms with van der Waals surface area (Å²) >= 11 is 0. The van der Waals surface area contributed by atoms with Crippen molar-refractivity contribution in [3.8, 4) is 11.1 Å². The summed E-state index contributed by atoms with van der Waals surface area (Å²) in [5, 5.41) is 0. The van der Waals surface area contributed by atoms with E-state index in [0.717, 1.165) is 6.42 Å². The zero-order chi connectivity index (χ0) is 31.6. The third-order valence-corrected chi connectivity index (χ3v) is 11.5. The number of hydrogen-bond donors (Lipinski definition) is 0. The van der Waals surface area contributed by atoms with E-state index in [-0.39, 0.29) is 5.41 Å². The molecule has 2 aliphatic carbocycles. The molecule has 0 atom stereocenters. The van der Waals surface area contributed by atoms with Gasteiger partial charge < -0.3 is 0 Å². The van der Waals surface area contributed by atoms with Gasteiger partial charge in [0.2, 0.25) is 0 Å². The molecule has 0 aliphatic heterocycles. The molecule has 0 bridgehead atoms. The first kappa shape index (κ1) is 36.0. The largest absolute Gasteiger partial charge is 0.0795 e. The molecule has 0 heteroatoms. The van der Waals surface area contributed by atoms with Crippen molar-refractivity contribution in [2.24, 2.45) is 0 Å². The highest BCUT2D eigenvalue weighted by atomic mass is 14.5. The van der Waals surface area contributed by atoms with E-state index in [1.807, 2.05) is 0 Å². The molecular formula is C45H70. The maximum absolute atomic E-state index is 2.59. The second-order valence-corrected chi connectivity index (χ2v) is 15.0. The predicted octanol–water partition coefficient (Wildman–Crippen LogP) is 15.0. The van der Waals surface area contributed by atoms with Crippen LogP contribution in [-0.2, 0) is 11.8 Å². The molecule has 0 amide bonds. The topological polar surface area (TPSA) is 0 Å². The summed E-state index contributed by atoms with van der Waals surface area (Å²) in [5.41, 5.74) is 11.4. The molecule has 250 valence electrons. The van der Waals surface area contributed by atoms with Gasteiger partial charge in [0.25, 0.3) is 0 Å². The highest BCUT2D eigenvalue weighted by molar-refractivity contribution is 5.86. The number of rotatable bonds is 26. The Morgan fingerprint density at radius 1 is 0.533 bits per heavy atom. The summed E-state index contributed by atoms with van der Waals surface area (Å²) in [4.78, 5) is 0. The van der Waals surface area contributed by atoms with Crippen LogP contribution in [-0.4, -0.2) is 0 Å².